The normalized spacial score (nSPS) is 14.6. The van der Waals surface area contributed by atoms with Crippen molar-refractivity contribution in [2.24, 2.45) is 0 Å². The van der Waals surface area contributed by atoms with Gasteiger partial charge in [0.15, 0.2) is 0 Å². The van der Waals surface area contributed by atoms with Gasteiger partial charge in [0, 0.05) is 30.9 Å². The average molecular weight is 416 g/mol. The highest BCUT2D eigenvalue weighted by atomic mass is 16.6. The van der Waals surface area contributed by atoms with Crippen molar-refractivity contribution in [3.8, 4) is 0 Å². The van der Waals surface area contributed by atoms with Crippen LogP contribution in [-0.2, 0) is 0 Å². The highest BCUT2D eigenvalue weighted by Crippen LogP contribution is 2.31. The van der Waals surface area contributed by atoms with E-state index < -0.39 is 11.0 Å². The predicted molar refractivity (Wildman–Crippen MR) is 119 cm³/mol. The number of hydrogen-bond acceptors (Lipinski definition) is 5. The van der Waals surface area contributed by atoms with Crippen molar-refractivity contribution >= 4 is 17.3 Å². The number of nitro groups is 1. The monoisotopic (exact) mass is 416 g/mol. The van der Waals surface area contributed by atoms with Gasteiger partial charge >= 0.3 is 0 Å². The van der Waals surface area contributed by atoms with E-state index in [0.29, 0.717) is 11.4 Å². The topological polar surface area (TPSA) is 88.4 Å². The zero-order chi connectivity index (χ0) is 21.6. The number of amides is 1. The third-order valence-corrected chi connectivity index (χ3v) is 5.52. The minimum atomic E-state index is -0.462. The third-order valence-electron chi connectivity index (χ3n) is 5.52. The summed E-state index contributed by atoms with van der Waals surface area (Å²) in [4.78, 5) is 30.8. The Morgan fingerprint density at radius 3 is 2.42 bits per heavy atom. The van der Waals surface area contributed by atoms with Gasteiger partial charge in [0.2, 0.25) is 0 Å². The molecule has 7 nitrogen and oxygen atoms in total. The molecular formula is C24H24N4O3. The van der Waals surface area contributed by atoms with E-state index in [-0.39, 0.29) is 17.2 Å². The fraction of sp³-hybridized carbons (Fsp3) is 0.250. The van der Waals surface area contributed by atoms with Gasteiger partial charge in [-0.05, 0) is 49.1 Å². The van der Waals surface area contributed by atoms with Crippen molar-refractivity contribution in [1.29, 1.82) is 0 Å². The van der Waals surface area contributed by atoms with Gasteiger partial charge in [-0.25, -0.2) is 0 Å². The van der Waals surface area contributed by atoms with Crippen LogP contribution in [0.15, 0.2) is 72.9 Å². The van der Waals surface area contributed by atoms with Crippen LogP contribution in [0, 0.1) is 10.1 Å². The number of hydrogen-bond donors (Lipinski definition) is 1. The number of carbonyl (C=O) groups excluding carboxylic acids is 1. The fourth-order valence-electron chi connectivity index (χ4n) is 3.95. The molecule has 1 aliphatic rings. The van der Waals surface area contributed by atoms with Crippen molar-refractivity contribution in [1.82, 2.24) is 10.3 Å². The molecule has 0 spiro atoms. The van der Waals surface area contributed by atoms with Gasteiger partial charge in [0.25, 0.3) is 11.6 Å². The van der Waals surface area contributed by atoms with Crippen LogP contribution >= 0.6 is 0 Å². The molecule has 1 aliphatic heterocycles. The summed E-state index contributed by atoms with van der Waals surface area (Å²) in [6.07, 6.45) is 4.85. The van der Waals surface area contributed by atoms with Crippen LogP contribution in [-0.4, -0.2) is 28.9 Å². The first kappa shape index (κ1) is 20.5. The van der Waals surface area contributed by atoms with Crippen LogP contribution in [0.4, 0.5) is 11.4 Å². The van der Waals surface area contributed by atoms with Gasteiger partial charge < -0.3 is 10.2 Å². The first-order valence-corrected chi connectivity index (χ1v) is 10.4. The van der Waals surface area contributed by atoms with Gasteiger partial charge in [-0.2, -0.15) is 0 Å². The number of nitrogens with zero attached hydrogens (tertiary/aromatic N) is 3. The molecule has 7 heteroatoms. The Hall–Kier alpha value is -3.74. The maximum Gasteiger partial charge on any atom is 0.293 e. The lowest BCUT2D eigenvalue weighted by molar-refractivity contribution is -0.384. The number of nitrogens with one attached hydrogen (secondary N) is 1. The molecule has 1 unspecified atom stereocenters. The lowest BCUT2D eigenvalue weighted by Gasteiger charge is -2.28. The average Bonchev–Trinajstić information content (AvgIpc) is 2.83. The van der Waals surface area contributed by atoms with Gasteiger partial charge in [-0.1, -0.05) is 36.4 Å². The first-order chi connectivity index (χ1) is 15.1. The van der Waals surface area contributed by atoms with E-state index >= 15 is 0 Å². The summed E-state index contributed by atoms with van der Waals surface area (Å²) < 4.78 is 0. The Balaban J connectivity index is 1.63. The third kappa shape index (κ3) is 4.71. The first-order valence-electron chi connectivity index (χ1n) is 10.4. The van der Waals surface area contributed by atoms with Crippen molar-refractivity contribution in [3.63, 3.8) is 0 Å². The summed E-state index contributed by atoms with van der Waals surface area (Å²) in [5.41, 5.74) is 2.37. The summed E-state index contributed by atoms with van der Waals surface area (Å²) in [5, 5.41) is 14.7. The van der Waals surface area contributed by atoms with Gasteiger partial charge in [-0.3, -0.25) is 19.9 Å². The molecule has 158 valence electrons. The molecule has 2 aromatic carbocycles. The van der Waals surface area contributed by atoms with Crippen LogP contribution in [0.1, 0.15) is 46.9 Å². The molecular weight excluding hydrogens is 392 g/mol. The Labute approximate surface area is 180 Å². The minimum Gasteiger partial charge on any atom is -0.366 e. The van der Waals surface area contributed by atoms with Crippen LogP contribution < -0.4 is 10.2 Å². The zero-order valence-electron chi connectivity index (χ0n) is 17.1. The summed E-state index contributed by atoms with van der Waals surface area (Å²) in [6.45, 7) is 1.59. The van der Waals surface area contributed by atoms with Crippen molar-refractivity contribution in [2.75, 3.05) is 18.0 Å². The van der Waals surface area contributed by atoms with Crippen LogP contribution in [0.5, 0.6) is 0 Å². The molecule has 1 aromatic heterocycles. The Morgan fingerprint density at radius 2 is 1.74 bits per heavy atom. The highest BCUT2D eigenvalue weighted by Gasteiger charge is 2.25. The second-order valence-corrected chi connectivity index (χ2v) is 7.58. The van der Waals surface area contributed by atoms with Gasteiger partial charge in [0.1, 0.15) is 5.69 Å². The number of benzene rings is 2. The Morgan fingerprint density at radius 1 is 1.00 bits per heavy atom. The van der Waals surface area contributed by atoms with E-state index in [1.165, 1.54) is 6.07 Å². The van der Waals surface area contributed by atoms with Gasteiger partial charge in [-0.15, -0.1) is 0 Å². The van der Waals surface area contributed by atoms with E-state index in [1.54, 1.807) is 18.3 Å². The molecule has 0 saturated carbocycles. The molecule has 1 fully saturated rings. The van der Waals surface area contributed by atoms with Crippen LogP contribution in [0.2, 0.25) is 0 Å². The molecule has 4 rings (SSSR count). The molecule has 2 heterocycles. The van der Waals surface area contributed by atoms with E-state index in [9.17, 15) is 14.9 Å². The SMILES string of the molecule is O=C(NC(c1ccccc1)c1ccccn1)c1ccc(N2CCCCC2)c([N+](=O)[O-])c1. The summed E-state index contributed by atoms with van der Waals surface area (Å²) in [5.74, 6) is -0.382. The highest BCUT2D eigenvalue weighted by molar-refractivity contribution is 5.96. The molecule has 1 saturated heterocycles. The van der Waals surface area contributed by atoms with Gasteiger partial charge in [0.05, 0.1) is 16.7 Å². The molecule has 1 N–H and O–H groups in total. The zero-order valence-corrected chi connectivity index (χ0v) is 17.1. The van der Waals surface area contributed by atoms with Crippen LogP contribution in [0.25, 0.3) is 0 Å². The lowest BCUT2D eigenvalue weighted by atomic mass is 10.0. The smallest absolute Gasteiger partial charge is 0.293 e. The minimum absolute atomic E-state index is 0.0383. The molecule has 0 radical (unpaired) electrons. The predicted octanol–water partition coefficient (Wildman–Crippen LogP) is 4.50. The van der Waals surface area contributed by atoms with Crippen molar-refractivity contribution < 1.29 is 9.72 Å². The van der Waals surface area contributed by atoms with E-state index in [0.717, 1.165) is 37.9 Å². The molecule has 1 atom stereocenters. The maximum atomic E-state index is 13.1. The molecule has 31 heavy (non-hydrogen) atoms. The number of nitro benzene ring substituents is 1. The van der Waals surface area contributed by atoms with E-state index in [2.05, 4.69) is 10.3 Å². The molecule has 0 aliphatic carbocycles. The number of piperidine rings is 1. The van der Waals surface area contributed by atoms with Crippen LogP contribution in [0.3, 0.4) is 0 Å². The number of carbonyl (C=O) groups is 1. The van der Waals surface area contributed by atoms with Crippen molar-refractivity contribution in [3.05, 3.63) is 99.9 Å². The number of anilines is 1. The Kier molecular flexibility index (Phi) is 6.21. The maximum absolute atomic E-state index is 13.1. The lowest BCUT2D eigenvalue weighted by Crippen LogP contribution is -2.31. The summed E-state index contributed by atoms with van der Waals surface area (Å²) >= 11 is 0. The summed E-state index contributed by atoms with van der Waals surface area (Å²) in [7, 11) is 0. The number of rotatable bonds is 6. The number of pyridine rings is 1. The standard InChI is InChI=1S/C24H24N4O3/c29-24(26-23(18-9-3-1-4-10-18)20-11-5-6-14-25-20)19-12-13-21(22(17-19)28(30)31)27-15-7-2-8-16-27/h1,3-6,9-14,17,23H,2,7-8,15-16H2,(H,26,29). The molecule has 1 amide bonds. The Bertz CT molecular complexity index is 1010. The van der Waals surface area contributed by atoms with Crippen molar-refractivity contribution in [2.45, 2.75) is 25.3 Å². The van der Waals surface area contributed by atoms with E-state index in [4.69, 9.17) is 0 Å². The van der Waals surface area contributed by atoms with E-state index in [1.807, 2.05) is 53.4 Å². The largest absolute Gasteiger partial charge is 0.366 e. The second-order valence-electron chi connectivity index (χ2n) is 7.58. The molecule has 0 bridgehead atoms. The quantitative estimate of drug-likeness (QED) is 0.472. The summed E-state index contributed by atoms with van der Waals surface area (Å²) in [6, 6.07) is 19.3. The second kappa shape index (κ2) is 9.38. The number of aromatic nitrogens is 1. The molecule has 3 aromatic rings. The fourth-order valence-corrected chi connectivity index (χ4v) is 3.95.